The molecule has 0 aromatic carbocycles. The first-order valence-corrected chi connectivity index (χ1v) is 23.0. The normalized spacial score (nSPS) is 41.8. The number of carbonyl (C=O) groups excluding carboxylic acids is 2. The lowest BCUT2D eigenvalue weighted by Gasteiger charge is -2.62. The number of phosphoric ester groups is 1. The summed E-state index contributed by atoms with van der Waals surface area (Å²) in [6.07, 6.45) is 0.106. The molecular formula is C37H54FN2O12PSi. The molecule has 1 aromatic rings. The summed E-state index contributed by atoms with van der Waals surface area (Å²) in [4.78, 5) is 64.2. The number of carbonyl (C=O) groups is 2. The van der Waals surface area contributed by atoms with Crippen molar-refractivity contribution in [2.75, 3.05) is 6.61 Å². The number of aromatic nitrogens is 2. The molecule has 0 spiro atoms. The maximum absolute atomic E-state index is 17.6. The van der Waals surface area contributed by atoms with Crippen molar-refractivity contribution in [3.63, 3.8) is 0 Å². The lowest BCUT2D eigenvalue weighted by Crippen LogP contribution is -2.69. The van der Waals surface area contributed by atoms with Crippen molar-refractivity contribution >= 4 is 27.7 Å². The Morgan fingerprint density at radius 1 is 1.17 bits per heavy atom. The van der Waals surface area contributed by atoms with Gasteiger partial charge < -0.3 is 24.3 Å². The second kappa shape index (κ2) is 13.3. The van der Waals surface area contributed by atoms with E-state index in [0.717, 1.165) is 10.6 Å². The van der Waals surface area contributed by atoms with Crippen molar-refractivity contribution in [1.29, 1.82) is 0 Å². The number of hydrogen-bond acceptors (Lipinski definition) is 11. The summed E-state index contributed by atoms with van der Waals surface area (Å²) in [6.45, 7) is 15.4. The summed E-state index contributed by atoms with van der Waals surface area (Å²) in [5, 5.41) is 23.6. The molecule has 13 atom stereocenters. The van der Waals surface area contributed by atoms with Crippen LogP contribution in [0.15, 0.2) is 45.7 Å². The molecule has 5 aliphatic rings. The van der Waals surface area contributed by atoms with E-state index in [1.165, 1.54) is 24.4 Å². The molecule has 0 radical (unpaired) electrons. The van der Waals surface area contributed by atoms with Crippen molar-refractivity contribution in [3.8, 4) is 0 Å². The molecule has 14 nitrogen and oxygen atoms in total. The van der Waals surface area contributed by atoms with Gasteiger partial charge in [0.1, 0.15) is 24.4 Å². The molecule has 0 bridgehead atoms. The number of Topliss-reactive ketones (excluding diaryl/α,β-unsaturated/α-hetero) is 1. The fraction of sp³-hybridized carbons (Fsp3) is 0.730. The summed E-state index contributed by atoms with van der Waals surface area (Å²) in [6, 6.07) is 1.13. The average Bonchev–Trinajstić information content (AvgIpc) is 3.45. The zero-order valence-electron chi connectivity index (χ0n) is 32.3. The van der Waals surface area contributed by atoms with Gasteiger partial charge in [0, 0.05) is 29.0 Å². The van der Waals surface area contributed by atoms with Gasteiger partial charge in [-0.05, 0) is 81.7 Å². The van der Waals surface area contributed by atoms with Gasteiger partial charge >= 0.3 is 13.5 Å². The van der Waals surface area contributed by atoms with E-state index >= 15 is 4.39 Å². The van der Waals surface area contributed by atoms with Gasteiger partial charge in [-0.2, -0.15) is 0 Å². The topological polar surface area (TPSA) is 204 Å². The van der Waals surface area contributed by atoms with Crippen LogP contribution in [0.5, 0.6) is 0 Å². The maximum atomic E-state index is 17.6. The summed E-state index contributed by atoms with van der Waals surface area (Å²) < 4.78 is 56.0. The molecule has 1 unspecified atom stereocenters. The Kier molecular flexibility index (Phi) is 10.2. The Morgan fingerprint density at radius 2 is 1.83 bits per heavy atom. The highest BCUT2D eigenvalue weighted by Gasteiger charge is 2.75. The summed E-state index contributed by atoms with van der Waals surface area (Å²) in [7, 11) is -7.79. The molecule has 1 aromatic heterocycles. The van der Waals surface area contributed by atoms with Crippen LogP contribution in [0.1, 0.15) is 80.4 Å². The molecular weight excluding hydrogens is 742 g/mol. The van der Waals surface area contributed by atoms with E-state index in [-0.39, 0.29) is 23.7 Å². The molecule has 4 N–H and O–H groups in total. The predicted molar refractivity (Wildman–Crippen MR) is 196 cm³/mol. The first-order chi connectivity index (χ1) is 24.7. The van der Waals surface area contributed by atoms with E-state index in [1.807, 2.05) is 33.9 Å². The summed E-state index contributed by atoms with van der Waals surface area (Å²) in [5.41, 5.74) is -7.71. The number of ether oxygens (including phenoxy) is 1. The Labute approximate surface area is 314 Å². The third kappa shape index (κ3) is 6.19. The van der Waals surface area contributed by atoms with Crippen LogP contribution in [0.25, 0.3) is 0 Å². The minimum absolute atomic E-state index is 0.239. The van der Waals surface area contributed by atoms with Crippen LogP contribution in [-0.4, -0.2) is 86.8 Å². The van der Waals surface area contributed by atoms with Gasteiger partial charge in [0.25, 0.3) is 5.56 Å². The Balaban J connectivity index is 1.23. The third-order valence-electron chi connectivity index (χ3n) is 14.0. The first-order valence-electron chi connectivity index (χ1n) is 18.6. The van der Waals surface area contributed by atoms with Gasteiger partial charge in [-0.25, -0.2) is 13.8 Å². The number of phosphoric acid groups is 1. The van der Waals surface area contributed by atoms with Gasteiger partial charge in [0.2, 0.25) is 0 Å². The van der Waals surface area contributed by atoms with Gasteiger partial charge in [0.15, 0.2) is 31.8 Å². The van der Waals surface area contributed by atoms with Gasteiger partial charge in [-0.3, -0.25) is 33.0 Å². The highest BCUT2D eigenvalue weighted by atomic mass is 31.2. The van der Waals surface area contributed by atoms with Crippen molar-refractivity contribution < 1.29 is 51.9 Å². The molecule has 2 heterocycles. The van der Waals surface area contributed by atoms with Crippen LogP contribution in [0.4, 0.5) is 4.39 Å². The van der Waals surface area contributed by atoms with E-state index < -0.39 is 110 Å². The number of alkyl halides is 1. The SMILES string of the molecule is C[C@@H]1C[C@H]2[C@@H]3CCC4=CC(=O)C=C[C@]4(C)[C@@]3(F)[C@@H](O)C[C@]2(C)[C@@]1(O)C(=O)COP(=O)(O)O[C@H]1[C@@H](O[Si](C)(C)C(C)(C)C)[C@H](n2ccc(=O)[nH]c2=O)O[C@@H]1C. The lowest BCUT2D eigenvalue weighted by molar-refractivity contribution is -0.219. The average molecular weight is 797 g/mol. The maximum Gasteiger partial charge on any atom is 0.473 e. The quantitative estimate of drug-likeness (QED) is 0.205. The zero-order chi connectivity index (χ0) is 40.2. The number of fused-ring (bicyclic) bond motifs is 5. The van der Waals surface area contributed by atoms with Crippen molar-refractivity contribution in [2.45, 2.75) is 134 Å². The van der Waals surface area contributed by atoms with Crippen LogP contribution in [0.3, 0.4) is 0 Å². The number of rotatable bonds is 9. The molecule has 54 heavy (non-hydrogen) atoms. The predicted octanol–water partition coefficient (Wildman–Crippen LogP) is 4.26. The zero-order valence-corrected chi connectivity index (χ0v) is 34.2. The third-order valence-corrected chi connectivity index (χ3v) is 19.5. The molecule has 300 valence electrons. The molecule has 4 fully saturated rings. The van der Waals surface area contributed by atoms with E-state index in [1.54, 1.807) is 27.7 Å². The smallest absolute Gasteiger partial charge is 0.407 e. The fourth-order valence-corrected chi connectivity index (χ4v) is 12.2. The number of aliphatic hydroxyl groups is 2. The molecule has 6 rings (SSSR count). The number of H-pyrrole nitrogens is 1. The van der Waals surface area contributed by atoms with Gasteiger partial charge in [0.05, 0.1) is 12.2 Å². The van der Waals surface area contributed by atoms with E-state index in [0.29, 0.717) is 18.4 Å². The Bertz CT molecular complexity index is 1940. The van der Waals surface area contributed by atoms with E-state index in [4.69, 9.17) is 18.2 Å². The lowest BCUT2D eigenvalue weighted by atomic mass is 9.44. The highest BCUT2D eigenvalue weighted by molar-refractivity contribution is 7.47. The minimum atomic E-state index is -5.11. The highest BCUT2D eigenvalue weighted by Crippen LogP contribution is 2.71. The standard InChI is InChI=1S/C37H54FN2O12PSi/c1-20-16-25-24-11-10-22-17-23(41)12-14-34(22,6)36(24,38)26(42)18-35(25,7)37(20,46)27(43)19-49-53(47,48)51-29-21(2)50-31(40-15-13-28(44)39-32(40)45)30(29)52-54(8,9)33(3,4)5/h12-15,17,20-21,24-26,29-31,42,46H,10-11,16,18-19H2,1-9H3,(H,47,48)(H,39,44,45)/t20-,21-,24+,25+,26+,29-,30-,31-,34+,35+,36+,37+/m1/s1. The van der Waals surface area contributed by atoms with Crippen LogP contribution in [0, 0.1) is 28.6 Å². The van der Waals surface area contributed by atoms with Crippen LogP contribution in [-0.2, 0) is 32.4 Å². The molecule has 1 aliphatic heterocycles. The van der Waals surface area contributed by atoms with Gasteiger partial charge in [-0.15, -0.1) is 0 Å². The second-order valence-corrected chi connectivity index (χ2v) is 24.2. The number of aromatic amines is 1. The number of ketones is 2. The number of aliphatic hydroxyl groups excluding tert-OH is 1. The monoisotopic (exact) mass is 796 g/mol. The molecule has 0 amide bonds. The van der Waals surface area contributed by atoms with Crippen molar-refractivity contribution in [3.05, 3.63) is 56.9 Å². The van der Waals surface area contributed by atoms with Crippen molar-refractivity contribution in [1.82, 2.24) is 9.55 Å². The number of hydrogen-bond donors (Lipinski definition) is 4. The van der Waals surface area contributed by atoms with E-state index in [2.05, 4.69) is 4.98 Å². The fourth-order valence-electron chi connectivity index (χ4n) is 10.0. The number of nitrogens with one attached hydrogen (secondary N) is 1. The van der Waals surface area contributed by atoms with Crippen molar-refractivity contribution in [2.24, 2.45) is 28.6 Å². The van der Waals surface area contributed by atoms with Gasteiger partial charge in [-0.1, -0.05) is 46.3 Å². The number of allylic oxidation sites excluding steroid dienone is 4. The minimum Gasteiger partial charge on any atom is -0.407 e. The second-order valence-electron chi connectivity index (χ2n) is 18.0. The van der Waals surface area contributed by atoms with Crippen LogP contribution < -0.4 is 11.2 Å². The molecule has 17 heteroatoms. The molecule has 3 saturated carbocycles. The Hall–Kier alpha value is -2.40. The van der Waals surface area contributed by atoms with Crippen LogP contribution >= 0.6 is 7.82 Å². The Morgan fingerprint density at radius 3 is 2.46 bits per heavy atom. The number of halogens is 1. The van der Waals surface area contributed by atoms with Crippen LogP contribution in [0.2, 0.25) is 18.1 Å². The largest absolute Gasteiger partial charge is 0.473 e. The molecule has 4 aliphatic carbocycles. The summed E-state index contributed by atoms with van der Waals surface area (Å²) >= 11 is 0. The summed E-state index contributed by atoms with van der Waals surface area (Å²) in [5.74, 6) is -3.18. The number of nitrogens with zero attached hydrogens (tertiary/aromatic N) is 1. The first kappa shape index (κ1) is 41.2. The van der Waals surface area contributed by atoms with E-state index in [9.17, 15) is 38.8 Å². The molecule has 1 saturated heterocycles.